The molecule has 1 aliphatic heterocycles. The number of thiophene rings is 1. The Balaban J connectivity index is 1.60. The molecular formula is C16H22N2O3S. The molecule has 1 atom stereocenters. The fourth-order valence-electron chi connectivity index (χ4n) is 3.40. The molecule has 1 aromatic heterocycles. The van der Waals surface area contributed by atoms with Gasteiger partial charge in [-0.05, 0) is 37.1 Å². The van der Waals surface area contributed by atoms with Crippen LogP contribution >= 0.6 is 11.3 Å². The van der Waals surface area contributed by atoms with E-state index in [2.05, 4.69) is 5.32 Å². The zero-order valence-corrected chi connectivity index (χ0v) is 13.4. The van der Waals surface area contributed by atoms with Gasteiger partial charge in [-0.25, -0.2) is 0 Å². The van der Waals surface area contributed by atoms with Crippen LogP contribution in [-0.4, -0.2) is 46.6 Å². The lowest BCUT2D eigenvalue weighted by molar-refractivity contribution is -0.126. The summed E-state index contributed by atoms with van der Waals surface area (Å²) in [6, 6.07) is 3.24. The summed E-state index contributed by atoms with van der Waals surface area (Å²) in [6.07, 6.45) is 5.06. The summed E-state index contributed by atoms with van der Waals surface area (Å²) in [6.45, 7) is 0.919. The fraction of sp³-hybridized carbons (Fsp3) is 0.625. The molecule has 0 spiro atoms. The first-order valence-electron chi connectivity index (χ1n) is 7.94. The van der Waals surface area contributed by atoms with Crippen molar-refractivity contribution < 1.29 is 14.7 Å². The normalized spacial score (nSPS) is 23.7. The number of rotatable bonds is 4. The van der Waals surface area contributed by atoms with E-state index >= 15 is 0 Å². The Kier molecular flexibility index (Phi) is 4.49. The second-order valence-electron chi connectivity index (χ2n) is 6.28. The van der Waals surface area contributed by atoms with E-state index in [1.807, 2.05) is 11.4 Å². The molecule has 3 rings (SSSR count). The molecule has 22 heavy (non-hydrogen) atoms. The predicted molar refractivity (Wildman–Crippen MR) is 84.8 cm³/mol. The van der Waals surface area contributed by atoms with Crippen molar-refractivity contribution in [2.75, 3.05) is 13.1 Å². The summed E-state index contributed by atoms with van der Waals surface area (Å²) >= 11 is 1.40. The van der Waals surface area contributed by atoms with E-state index in [0.717, 1.165) is 32.1 Å². The maximum absolute atomic E-state index is 12.5. The molecule has 1 saturated heterocycles. The maximum atomic E-state index is 12.5. The van der Waals surface area contributed by atoms with Crippen LogP contribution < -0.4 is 5.32 Å². The molecule has 0 radical (unpaired) electrons. The van der Waals surface area contributed by atoms with Crippen molar-refractivity contribution in [3.05, 3.63) is 22.4 Å². The second-order valence-corrected chi connectivity index (χ2v) is 7.23. The van der Waals surface area contributed by atoms with Crippen LogP contribution in [0.3, 0.4) is 0 Å². The second kappa shape index (κ2) is 6.38. The lowest BCUT2D eigenvalue weighted by atomic mass is 10.0. The molecule has 2 heterocycles. The van der Waals surface area contributed by atoms with Crippen LogP contribution in [0.2, 0.25) is 0 Å². The first-order chi connectivity index (χ1) is 10.6. The van der Waals surface area contributed by atoms with E-state index in [-0.39, 0.29) is 11.8 Å². The summed E-state index contributed by atoms with van der Waals surface area (Å²) in [4.78, 5) is 27.2. The van der Waals surface area contributed by atoms with Crippen LogP contribution in [0, 0.1) is 0 Å². The van der Waals surface area contributed by atoms with Gasteiger partial charge in [-0.2, -0.15) is 0 Å². The molecule has 2 fully saturated rings. The number of hydrogen-bond donors (Lipinski definition) is 2. The topological polar surface area (TPSA) is 69.6 Å². The average Bonchev–Trinajstić information content (AvgIpc) is 3.25. The summed E-state index contributed by atoms with van der Waals surface area (Å²) in [5, 5.41) is 15.0. The van der Waals surface area contributed by atoms with Crippen LogP contribution in [0.25, 0.3) is 0 Å². The molecule has 0 bridgehead atoms. The third kappa shape index (κ3) is 3.17. The third-order valence-corrected chi connectivity index (χ3v) is 5.53. The number of likely N-dealkylation sites (tertiary alicyclic amines) is 1. The van der Waals surface area contributed by atoms with Gasteiger partial charge in [-0.15, -0.1) is 11.3 Å². The first-order valence-corrected chi connectivity index (χ1v) is 8.82. The zero-order valence-electron chi connectivity index (χ0n) is 12.6. The first kappa shape index (κ1) is 15.5. The summed E-state index contributed by atoms with van der Waals surface area (Å²) in [5.41, 5.74) is -0.753. The quantitative estimate of drug-likeness (QED) is 0.888. The molecule has 2 amide bonds. The van der Waals surface area contributed by atoms with Crippen molar-refractivity contribution in [2.45, 2.75) is 50.2 Å². The molecule has 5 nitrogen and oxygen atoms in total. The highest BCUT2D eigenvalue weighted by Crippen LogP contribution is 2.29. The molecule has 2 aliphatic rings. The molecule has 1 saturated carbocycles. The van der Waals surface area contributed by atoms with Crippen LogP contribution in [0.15, 0.2) is 17.5 Å². The smallest absolute Gasteiger partial charge is 0.264 e. The Bertz CT molecular complexity index is 538. The van der Waals surface area contributed by atoms with Gasteiger partial charge in [0.2, 0.25) is 5.91 Å². The Hall–Kier alpha value is -1.40. The Morgan fingerprint density at radius 1 is 1.36 bits per heavy atom. The van der Waals surface area contributed by atoms with Crippen molar-refractivity contribution in [1.82, 2.24) is 10.2 Å². The van der Waals surface area contributed by atoms with Crippen molar-refractivity contribution in [3.8, 4) is 0 Å². The van der Waals surface area contributed by atoms with Gasteiger partial charge in [0.05, 0.1) is 10.5 Å². The van der Waals surface area contributed by atoms with Gasteiger partial charge in [-0.3, -0.25) is 9.59 Å². The Morgan fingerprint density at radius 3 is 2.82 bits per heavy atom. The van der Waals surface area contributed by atoms with E-state index in [1.54, 1.807) is 11.0 Å². The number of nitrogens with one attached hydrogen (secondary N) is 1. The van der Waals surface area contributed by atoms with Crippen molar-refractivity contribution in [2.24, 2.45) is 0 Å². The fourth-order valence-corrected chi connectivity index (χ4v) is 4.08. The number of carbonyl (C=O) groups excluding carboxylic acids is 2. The number of nitrogens with zero attached hydrogens (tertiary/aromatic N) is 1. The summed E-state index contributed by atoms with van der Waals surface area (Å²) in [5.74, 6) is -0.199. The minimum absolute atomic E-state index is 0.0628. The third-order valence-electron chi connectivity index (χ3n) is 4.67. The van der Waals surface area contributed by atoms with E-state index in [9.17, 15) is 14.7 Å². The summed E-state index contributed by atoms with van der Waals surface area (Å²) in [7, 11) is 0. The maximum Gasteiger partial charge on any atom is 0.264 e. The molecule has 0 aromatic carbocycles. The highest BCUT2D eigenvalue weighted by Gasteiger charge is 2.37. The highest BCUT2D eigenvalue weighted by atomic mass is 32.1. The van der Waals surface area contributed by atoms with Gasteiger partial charge in [0, 0.05) is 13.1 Å². The molecular weight excluding hydrogens is 300 g/mol. The van der Waals surface area contributed by atoms with Gasteiger partial charge in [0.15, 0.2) is 0 Å². The number of aliphatic hydroxyl groups is 1. The number of hydrogen-bond acceptors (Lipinski definition) is 4. The van der Waals surface area contributed by atoms with Crippen LogP contribution in [0.5, 0.6) is 0 Å². The minimum atomic E-state index is -0.753. The Morgan fingerprint density at radius 2 is 2.14 bits per heavy atom. The molecule has 2 N–H and O–H groups in total. The molecule has 1 aliphatic carbocycles. The lowest BCUT2D eigenvalue weighted by Gasteiger charge is -2.27. The van der Waals surface area contributed by atoms with Gasteiger partial charge >= 0.3 is 0 Å². The predicted octanol–water partition coefficient (Wildman–Crippen LogP) is 1.77. The summed E-state index contributed by atoms with van der Waals surface area (Å²) < 4.78 is 0. The largest absolute Gasteiger partial charge is 0.388 e. The van der Waals surface area contributed by atoms with E-state index in [0.29, 0.717) is 24.4 Å². The van der Waals surface area contributed by atoms with Gasteiger partial charge < -0.3 is 15.3 Å². The highest BCUT2D eigenvalue weighted by molar-refractivity contribution is 7.12. The van der Waals surface area contributed by atoms with Crippen LogP contribution in [-0.2, 0) is 4.79 Å². The van der Waals surface area contributed by atoms with E-state index < -0.39 is 11.6 Å². The Labute approximate surface area is 134 Å². The molecule has 6 heteroatoms. The van der Waals surface area contributed by atoms with Crippen LogP contribution in [0.1, 0.15) is 48.2 Å². The SMILES string of the molecule is O=C(NCC1(O)CCCC1)[C@@H]1CCCN1C(=O)c1cccs1. The van der Waals surface area contributed by atoms with Crippen molar-refractivity contribution in [3.63, 3.8) is 0 Å². The van der Waals surface area contributed by atoms with E-state index in [4.69, 9.17) is 0 Å². The standard InChI is InChI=1S/C16H22N2O3S/c19-14(17-11-16(21)7-1-2-8-16)12-5-3-9-18(12)15(20)13-6-4-10-22-13/h4,6,10,12,21H,1-3,5,7-9,11H2,(H,17,19)/t12-/m0/s1. The zero-order chi connectivity index (χ0) is 15.6. The monoisotopic (exact) mass is 322 g/mol. The number of amides is 2. The van der Waals surface area contributed by atoms with Gasteiger partial charge in [-0.1, -0.05) is 18.9 Å². The van der Waals surface area contributed by atoms with Gasteiger partial charge in [0.1, 0.15) is 6.04 Å². The average molecular weight is 322 g/mol. The molecule has 120 valence electrons. The van der Waals surface area contributed by atoms with Crippen LogP contribution in [0.4, 0.5) is 0 Å². The molecule has 0 unspecified atom stereocenters. The van der Waals surface area contributed by atoms with Crippen molar-refractivity contribution >= 4 is 23.2 Å². The minimum Gasteiger partial charge on any atom is -0.388 e. The van der Waals surface area contributed by atoms with Crippen molar-refractivity contribution in [1.29, 1.82) is 0 Å². The molecule has 1 aromatic rings. The number of carbonyl (C=O) groups is 2. The van der Waals surface area contributed by atoms with Gasteiger partial charge in [0.25, 0.3) is 5.91 Å². The lowest BCUT2D eigenvalue weighted by Crippen LogP contribution is -2.49. The van der Waals surface area contributed by atoms with E-state index in [1.165, 1.54) is 11.3 Å².